The van der Waals surface area contributed by atoms with E-state index in [0.717, 1.165) is 23.5 Å². The molecule has 5 aromatic carbocycles. The van der Waals surface area contributed by atoms with Gasteiger partial charge in [0.05, 0.1) is 5.69 Å². The average molecular weight is 591 g/mol. The highest BCUT2D eigenvalue weighted by Crippen LogP contribution is 2.48. The minimum atomic E-state index is -0.146. The van der Waals surface area contributed by atoms with Crippen molar-refractivity contribution in [1.82, 2.24) is 16.0 Å². The van der Waals surface area contributed by atoms with Crippen molar-refractivity contribution in [3.8, 4) is 0 Å². The summed E-state index contributed by atoms with van der Waals surface area (Å²) in [5.41, 5.74) is 7.14. The van der Waals surface area contributed by atoms with Gasteiger partial charge in [-0.25, -0.2) is 4.99 Å². The Labute approximate surface area is 259 Å². The highest BCUT2D eigenvalue weighted by atomic mass is 32.1. The van der Waals surface area contributed by atoms with Gasteiger partial charge >= 0.3 is 0 Å². The Balaban J connectivity index is 1.04. The third-order valence-corrected chi connectivity index (χ3v) is 9.93. The fraction of sp³-hybridized carbons (Fsp3) is 0.108. The molecule has 214 valence electrons. The van der Waals surface area contributed by atoms with Crippen molar-refractivity contribution in [1.29, 1.82) is 0 Å². The lowest BCUT2D eigenvalue weighted by Gasteiger charge is -2.32. The molecule has 0 spiro atoms. The van der Waals surface area contributed by atoms with Crippen LogP contribution in [0.25, 0.3) is 26.4 Å². The van der Waals surface area contributed by atoms with E-state index in [4.69, 9.17) is 4.99 Å². The van der Waals surface area contributed by atoms with Crippen LogP contribution in [0.2, 0.25) is 0 Å². The van der Waals surface area contributed by atoms with Crippen molar-refractivity contribution >= 4 is 54.3 Å². The van der Waals surface area contributed by atoms with E-state index >= 15 is 0 Å². The molecule has 6 nitrogen and oxygen atoms in total. The molecule has 4 N–H and O–H groups in total. The number of hydrogen-bond acceptors (Lipinski definition) is 7. The molecule has 9 rings (SSSR count). The van der Waals surface area contributed by atoms with Gasteiger partial charge < -0.3 is 15.5 Å². The molecular weight excluding hydrogens is 561 g/mol. The van der Waals surface area contributed by atoms with Crippen LogP contribution in [0.1, 0.15) is 34.6 Å². The molecule has 1 aromatic heterocycles. The van der Waals surface area contributed by atoms with E-state index in [-0.39, 0.29) is 18.6 Å². The standard InChI is InChI=1S/C37H30N6S/c1-3-9-23(10-4-1)33-40-34(24-11-5-2-6-12-24)42-35(41-33)28-18-17-25-19-27(16-15-26(25)20-28)29-21-38-37-39-32-30-13-7-8-14-31(30)44-36(32)43(37)22-29/h1-20,22,33-34,37-40H,21H2,(H,41,42). The fourth-order valence-electron chi connectivity index (χ4n) is 6.48. The Kier molecular flexibility index (Phi) is 6.01. The smallest absolute Gasteiger partial charge is 0.160 e. The SMILES string of the molecule is C1=C(c2ccc3cc(C4=NC(c5ccccc5)NC(c5ccccc5)N4)ccc3c2)CNC2Nc3c(sc4ccccc34)N12. The van der Waals surface area contributed by atoms with Crippen LogP contribution in [0.4, 0.5) is 10.7 Å². The first-order chi connectivity index (χ1) is 21.8. The largest absolute Gasteiger partial charge is 0.350 e. The highest BCUT2D eigenvalue weighted by Gasteiger charge is 2.34. The Morgan fingerprint density at radius 2 is 1.41 bits per heavy atom. The number of aliphatic imine (C=N–C) groups is 1. The van der Waals surface area contributed by atoms with Crippen LogP contribution < -0.4 is 26.2 Å². The molecule has 0 radical (unpaired) electrons. The number of amidine groups is 1. The normalized spacial score (nSPS) is 20.8. The lowest BCUT2D eigenvalue weighted by atomic mass is 9.99. The van der Waals surface area contributed by atoms with Gasteiger partial charge in [0.25, 0.3) is 0 Å². The number of thiophene rings is 1. The maximum absolute atomic E-state index is 5.13. The van der Waals surface area contributed by atoms with Gasteiger partial charge in [0, 0.05) is 28.4 Å². The van der Waals surface area contributed by atoms with Crippen molar-refractivity contribution < 1.29 is 0 Å². The zero-order valence-electron chi connectivity index (χ0n) is 23.9. The molecule has 3 atom stereocenters. The van der Waals surface area contributed by atoms with Gasteiger partial charge in [0.1, 0.15) is 23.2 Å². The van der Waals surface area contributed by atoms with E-state index in [2.05, 4.69) is 148 Å². The first-order valence-electron chi connectivity index (χ1n) is 15.0. The van der Waals surface area contributed by atoms with Crippen LogP contribution in [-0.2, 0) is 0 Å². The van der Waals surface area contributed by atoms with E-state index in [1.54, 1.807) is 0 Å². The minimum Gasteiger partial charge on any atom is -0.350 e. The predicted molar refractivity (Wildman–Crippen MR) is 183 cm³/mol. The van der Waals surface area contributed by atoms with Crippen LogP contribution in [0, 0.1) is 0 Å². The van der Waals surface area contributed by atoms with Gasteiger partial charge in [-0.05, 0) is 51.2 Å². The van der Waals surface area contributed by atoms with Gasteiger partial charge in [-0.3, -0.25) is 10.6 Å². The van der Waals surface area contributed by atoms with Crippen LogP contribution in [-0.4, -0.2) is 18.7 Å². The second-order valence-electron chi connectivity index (χ2n) is 11.5. The lowest BCUT2D eigenvalue weighted by Crippen LogP contribution is -2.48. The van der Waals surface area contributed by atoms with Crippen molar-refractivity contribution in [2.45, 2.75) is 18.6 Å². The molecule has 0 bridgehead atoms. The summed E-state index contributed by atoms with van der Waals surface area (Å²) in [6, 6.07) is 43.0. The second kappa shape index (κ2) is 10.3. The van der Waals surface area contributed by atoms with Gasteiger partial charge in [0.2, 0.25) is 0 Å². The monoisotopic (exact) mass is 590 g/mol. The van der Waals surface area contributed by atoms with Crippen LogP contribution in [0.5, 0.6) is 0 Å². The molecule has 0 amide bonds. The summed E-state index contributed by atoms with van der Waals surface area (Å²) < 4.78 is 1.31. The van der Waals surface area contributed by atoms with E-state index < -0.39 is 0 Å². The molecule has 3 aliphatic rings. The predicted octanol–water partition coefficient (Wildman–Crippen LogP) is 7.55. The molecule has 0 aliphatic carbocycles. The van der Waals surface area contributed by atoms with E-state index in [1.165, 1.54) is 48.2 Å². The quantitative estimate of drug-likeness (QED) is 0.171. The zero-order valence-corrected chi connectivity index (χ0v) is 24.7. The summed E-state index contributed by atoms with van der Waals surface area (Å²) in [6.45, 7) is 0.806. The second-order valence-corrected chi connectivity index (χ2v) is 12.5. The highest BCUT2D eigenvalue weighted by molar-refractivity contribution is 7.23. The summed E-state index contributed by atoms with van der Waals surface area (Å²) in [5, 5.41) is 19.7. The Bertz CT molecular complexity index is 2080. The third kappa shape index (κ3) is 4.36. The van der Waals surface area contributed by atoms with Crippen molar-refractivity contribution in [2.24, 2.45) is 4.99 Å². The maximum atomic E-state index is 5.13. The summed E-state index contributed by atoms with van der Waals surface area (Å²) in [6.07, 6.45) is 2.20. The minimum absolute atomic E-state index is 0.0527. The summed E-state index contributed by atoms with van der Waals surface area (Å²) in [7, 11) is 0. The third-order valence-electron chi connectivity index (χ3n) is 8.75. The Hall–Kier alpha value is -4.95. The molecule has 7 heteroatoms. The van der Waals surface area contributed by atoms with Crippen LogP contribution in [0.15, 0.2) is 133 Å². The number of anilines is 2. The molecule has 4 heterocycles. The fourth-order valence-corrected chi connectivity index (χ4v) is 7.65. The molecule has 3 unspecified atom stereocenters. The van der Waals surface area contributed by atoms with E-state index in [9.17, 15) is 0 Å². The number of nitrogens with one attached hydrogen (secondary N) is 4. The topological polar surface area (TPSA) is 63.7 Å². The number of rotatable bonds is 4. The van der Waals surface area contributed by atoms with Gasteiger partial charge in [-0.1, -0.05) is 103 Å². The molecule has 3 aliphatic heterocycles. The molecule has 6 aromatic rings. The van der Waals surface area contributed by atoms with Crippen molar-refractivity contribution in [3.05, 3.63) is 150 Å². The van der Waals surface area contributed by atoms with E-state index in [1.807, 2.05) is 17.4 Å². The molecule has 0 fully saturated rings. The van der Waals surface area contributed by atoms with Crippen LogP contribution >= 0.6 is 11.3 Å². The summed E-state index contributed by atoms with van der Waals surface area (Å²) in [4.78, 5) is 7.47. The first kappa shape index (κ1) is 25.5. The zero-order chi connectivity index (χ0) is 29.0. The number of fused-ring (bicyclic) bond motifs is 6. The Morgan fingerprint density at radius 3 is 2.23 bits per heavy atom. The van der Waals surface area contributed by atoms with Crippen molar-refractivity contribution in [2.75, 3.05) is 16.8 Å². The van der Waals surface area contributed by atoms with Gasteiger partial charge in [-0.2, -0.15) is 0 Å². The summed E-state index contributed by atoms with van der Waals surface area (Å²) >= 11 is 1.84. The number of benzene rings is 5. The molecular formula is C37H30N6S. The lowest BCUT2D eigenvalue weighted by molar-refractivity contribution is 0.409. The Morgan fingerprint density at radius 1 is 0.705 bits per heavy atom. The van der Waals surface area contributed by atoms with Gasteiger partial charge in [-0.15, -0.1) is 11.3 Å². The molecule has 44 heavy (non-hydrogen) atoms. The maximum Gasteiger partial charge on any atom is 0.160 e. The number of nitrogens with zero attached hydrogens (tertiary/aromatic N) is 2. The van der Waals surface area contributed by atoms with Crippen molar-refractivity contribution in [3.63, 3.8) is 0 Å². The average Bonchev–Trinajstić information content (AvgIpc) is 3.64. The molecule has 0 saturated carbocycles. The van der Waals surface area contributed by atoms with Crippen LogP contribution in [0.3, 0.4) is 0 Å². The van der Waals surface area contributed by atoms with Gasteiger partial charge in [0.15, 0.2) is 6.29 Å². The van der Waals surface area contributed by atoms with E-state index in [0.29, 0.717) is 0 Å². The first-order valence-corrected chi connectivity index (χ1v) is 15.8. The summed E-state index contributed by atoms with van der Waals surface area (Å²) in [5.74, 6) is 0.892. The molecule has 0 saturated heterocycles. The number of hydrogen-bond donors (Lipinski definition) is 4.